The lowest BCUT2D eigenvalue weighted by molar-refractivity contribution is -0.121. The summed E-state index contributed by atoms with van der Waals surface area (Å²) in [6.45, 7) is 3.52. The number of anilines is 2. The summed E-state index contributed by atoms with van der Waals surface area (Å²) in [4.78, 5) is 50.9. The van der Waals surface area contributed by atoms with Crippen LogP contribution in [-0.4, -0.2) is 53.0 Å². The van der Waals surface area contributed by atoms with Crippen LogP contribution in [-0.2, 0) is 58.1 Å². The Kier molecular flexibility index (Phi) is 7.21. The highest BCUT2D eigenvalue weighted by molar-refractivity contribution is 7.91. The van der Waals surface area contributed by atoms with E-state index in [1.807, 2.05) is 0 Å². The molecule has 2 aliphatic heterocycles. The van der Waals surface area contributed by atoms with Crippen molar-refractivity contribution in [3.63, 3.8) is 0 Å². The lowest BCUT2D eigenvalue weighted by Gasteiger charge is -2.23. The summed E-state index contributed by atoms with van der Waals surface area (Å²) in [6, 6.07) is 6.11. The van der Waals surface area contributed by atoms with Gasteiger partial charge < -0.3 is 0 Å². The predicted octanol–water partition coefficient (Wildman–Crippen LogP) is 2.07. The van der Waals surface area contributed by atoms with Crippen molar-refractivity contribution in [1.29, 1.82) is 0 Å². The molecule has 0 unspecified atom stereocenters. The van der Waals surface area contributed by atoms with Crippen LogP contribution in [0.5, 0.6) is 0 Å². The van der Waals surface area contributed by atoms with Gasteiger partial charge in [0.2, 0.25) is 0 Å². The second-order valence-corrected chi connectivity index (χ2v) is 13.3. The van der Waals surface area contributed by atoms with Crippen molar-refractivity contribution in [2.45, 2.75) is 42.9 Å². The van der Waals surface area contributed by atoms with Gasteiger partial charge in [0, 0.05) is 36.8 Å². The number of amides is 4. The highest BCUT2D eigenvalue weighted by Crippen LogP contribution is 2.37. The van der Waals surface area contributed by atoms with Gasteiger partial charge >= 0.3 is 0 Å². The molecule has 39 heavy (non-hydrogen) atoms. The second kappa shape index (κ2) is 10.0. The van der Waals surface area contributed by atoms with Gasteiger partial charge in [-0.25, -0.2) is 26.6 Å². The van der Waals surface area contributed by atoms with E-state index in [9.17, 15) is 36.0 Å². The second-order valence-electron chi connectivity index (χ2n) is 9.32. The first kappa shape index (κ1) is 28.1. The van der Waals surface area contributed by atoms with Crippen LogP contribution in [0.3, 0.4) is 0 Å². The van der Waals surface area contributed by atoms with Gasteiger partial charge in [-0.2, -0.15) is 0 Å². The summed E-state index contributed by atoms with van der Waals surface area (Å²) in [5.74, 6) is -2.58. The van der Waals surface area contributed by atoms with Crippen LogP contribution in [0, 0.1) is 0 Å². The Morgan fingerprint density at radius 2 is 0.872 bits per heavy atom. The number of benzene rings is 2. The molecule has 0 aromatic heterocycles. The van der Waals surface area contributed by atoms with Crippen LogP contribution in [0.15, 0.2) is 58.4 Å². The van der Waals surface area contributed by atoms with E-state index in [-0.39, 0.29) is 27.6 Å². The Balaban J connectivity index is 1.89. The molecule has 10 nitrogen and oxygen atoms in total. The number of aryl methyl sites for hydroxylation is 2. The normalized spacial score (nSPS) is 15.8. The van der Waals surface area contributed by atoms with Gasteiger partial charge in [0.25, 0.3) is 23.6 Å². The Morgan fingerprint density at radius 1 is 0.564 bits per heavy atom. The van der Waals surface area contributed by atoms with E-state index >= 15 is 0 Å². The minimum Gasteiger partial charge on any atom is -0.269 e. The Labute approximate surface area is 226 Å². The molecular formula is C27H26N2O8S2. The minimum atomic E-state index is -3.90. The first-order valence-corrected chi connectivity index (χ1v) is 15.8. The van der Waals surface area contributed by atoms with Gasteiger partial charge in [0.1, 0.15) is 0 Å². The quantitative estimate of drug-likeness (QED) is 0.439. The Morgan fingerprint density at radius 3 is 1.13 bits per heavy atom. The van der Waals surface area contributed by atoms with E-state index in [0.717, 1.165) is 46.6 Å². The molecule has 2 aromatic rings. The highest BCUT2D eigenvalue weighted by Gasteiger charge is 2.34. The van der Waals surface area contributed by atoms with Crippen molar-refractivity contribution in [2.24, 2.45) is 0 Å². The summed E-state index contributed by atoms with van der Waals surface area (Å²) in [5.41, 5.74) is 1.92. The molecule has 2 aromatic carbocycles. The fourth-order valence-corrected chi connectivity index (χ4v) is 6.63. The molecule has 0 spiro atoms. The average molecular weight is 571 g/mol. The van der Waals surface area contributed by atoms with Gasteiger partial charge in [-0.3, -0.25) is 19.2 Å². The highest BCUT2D eigenvalue weighted by atomic mass is 32.2. The van der Waals surface area contributed by atoms with Crippen LogP contribution in [0.4, 0.5) is 11.4 Å². The molecular weight excluding hydrogens is 544 g/mol. The summed E-state index contributed by atoms with van der Waals surface area (Å²) >= 11 is 0. The van der Waals surface area contributed by atoms with Gasteiger partial charge in [0.05, 0.1) is 21.2 Å². The van der Waals surface area contributed by atoms with Crippen molar-refractivity contribution < 1.29 is 36.0 Å². The van der Waals surface area contributed by atoms with E-state index in [4.69, 9.17) is 0 Å². The molecule has 0 radical (unpaired) electrons. The first-order valence-electron chi connectivity index (χ1n) is 12.0. The first-order chi connectivity index (χ1) is 18.2. The average Bonchev–Trinajstić information content (AvgIpc) is 3.36. The molecule has 2 aliphatic rings. The van der Waals surface area contributed by atoms with Crippen LogP contribution in [0.25, 0.3) is 0 Å². The summed E-state index contributed by atoms with van der Waals surface area (Å²) in [5, 5.41) is 0. The summed E-state index contributed by atoms with van der Waals surface area (Å²) in [7, 11) is -7.80. The van der Waals surface area contributed by atoms with Gasteiger partial charge in [-0.15, -0.1) is 0 Å². The van der Waals surface area contributed by atoms with E-state index in [0.29, 0.717) is 35.1 Å². The zero-order chi connectivity index (χ0) is 28.9. The Hall–Kier alpha value is -3.90. The molecule has 12 heteroatoms. The van der Waals surface area contributed by atoms with Crippen LogP contribution in [0.2, 0.25) is 0 Å². The van der Waals surface area contributed by atoms with Crippen LogP contribution < -0.4 is 9.80 Å². The van der Waals surface area contributed by atoms with Crippen molar-refractivity contribution in [1.82, 2.24) is 0 Å². The standard InChI is InChI=1S/C27H26N2O8S2/c1-5-18-12-16(14-20(38(3,34)35)26(18)28-22(30)7-8-23(28)31)11-17-13-19(6-2)27(21(15-17)39(4,36)37)29-24(32)9-10-25(29)33/h7-10,12-15H,5-6,11H2,1-4H3. The molecule has 4 amide bonds. The molecule has 0 N–H and O–H groups in total. The van der Waals surface area contributed by atoms with E-state index < -0.39 is 43.3 Å². The third-order valence-electron chi connectivity index (χ3n) is 6.46. The number of carbonyl (C=O) groups is 4. The number of imide groups is 2. The fraction of sp³-hybridized carbons (Fsp3) is 0.259. The molecule has 204 valence electrons. The third kappa shape index (κ3) is 5.21. The predicted molar refractivity (Wildman–Crippen MR) is 144 cm³/mol. The molecule has 0 aliphatic carbocycles. The number of rotatable bonds is 8. The molecule has 0 bridgehead atoms. The lowest BCUT2D eigenvalue weighted by atomic mass is 9.97. The molecule has 4 rings (SSSR count). The summed E-state index contributed by atoms with van der Waals surface area (Å²) in [6.07, 6.45) is 6.99. The maximum absolute atomic E-state index is 12.8. The number of carbonyl (C=O) groups excluding carboxylic acids is 4. The number of sulfone groups is 2. The number of nitrogens with zero attached hydrogens (tertiary/aromatic N) is 2. The van der Waals surface area contributed by atoms with Crippen molar-refractivity contribution in [3.8, 4) is 0 Å². The molecule has 0 saturated carbocycles. The largest absolute Gasteiger partial charge is 0.269 e. The van der Waals surface area contributed by atoms with Gasteiger partial charge in [-0.1, -0.05) is 26.0 Å². The van der Waals surface area contributed by atoms with Crippen LogP contribution in [0.1, 0.15) is 36.1 Å². The van der Waals surface area contributed by atoms with Crippen molar-refractivity contribution in [2.75, 3.05) is 22.3 Å². The SMILES string of the molecule is CCc1cc(Cc2cc(CC)c(N3C(=O)C=CC3=O)c(S(C)(=O)=O)c2)cc(S(C)(=O)=O)c1N1C(=O)C=CC1=O. The molecule has 2 heterocycles. The van der Waals surface area contributed by atoms with E-state index in [1.165, 1.54) is 12.1 Å². The topological polar surface area (TPSA) is 143 Å². The van der Waals surface area contributed by atoms with Crippen LogP contribution >= 0.6 is 0 Å². The maximum atomic E-state index is 12.8. The monoisotopic (exact) mass is 570 g/mol. The smallest absolute Gasteiger partial charge is 0.258 e. The molecule has 0 saturated heterocycles. The molecule has 0 fully saturated rings. The van der Waals surface area contributed by atoms with Crippen molar-refractivity contribution >= 4 is 54.7 Å². The maximum Gasteiger partial charge on any atom is 0.258 e. The fourth-order valence-electron chi connectivity index (χ4n) is 4.75. The number of hydrogen-bond donors (Lipinski definition) is 0. The van der Waals surface area contributed by atoms with E-state index in [1.54, 1.807) is 26.0 Å². The van der Waals surface area contributed by atoms with Gasteiger partial charge in [0.15, 0.2) is 19.7 Å². The zero-order valence-corrected chi connectivity index (χ0v) is 23.4. The van der Waals surface area contributed by atoms with Gasteiger partial charge in [-0.05, 0) is 53.6 Å². The number of hydrogen-bond acceptors (Lipinski definition) is 8. The van der Waals surface area contributed by atoms with E-state index in [2.05, 4.69) is 0 Å². The molecule has 0 atom stereocenters. The zero-order valence-electron chi connectivity index (χ0n) is 21.7. The summed E-state index contributed by atoms with van der Waals surface area (Å²) < 4.78 is 51.2. The lowest BCUT2D eigenvalue weighted by Crippen LogP contribution is -2.32. The van der Waals surface area contributed by atoms with Crippen molar-refractivity contribution in [3.05, 3.63) is 70.8 Å². The minimum absolute atomic E-state index is 0.00345. The third-order valence-corrected chi connectivity index (χ3v) is 8.68. The Bertz CT molecular complexity index is 1570.